The molecule has 0 aliphatic rings. The van der Waals surface area contributed by atoms with E-state index in [1.165, 1.54) is 0 Å². The minimum Gasteiger partial charge on any atom is -0.480 e. The van der Waals surface area contributed by atoms with Crippen LogP contribution in [0.2, 0.25) is 5.15 Å². The summed E-state index contributed by atoms with van der Waals surface area (Å²) in [6, 6.07) is 0.881. The first-order chi connectivity index (χ1) is 7.00. The number of nitrogens with zero attached hydrogens (tertiary/aromatic N) is 1. The number of nitrogens with one attached hydrogen (secondary N) is 1. The number of amides is 1. The molecule has 0 unspecified atom stereocenters. The molecule has 2 N–H and O–H groups in total. The lowest BCUT2D eigenvalue weighted by Gasteiger charge is -2.03. The van der Waals surface area contributed by atoms with Gasteiger partial charge in [-0.2, -0.15) is 0 Å². The van der Waals surface area contributed by atoms with Crippen molar-refractivity contribution in [2.45, 2.75) is 0 Å². The van der Waals surface area contributed by atoms with E-state index in [-0.39, 0.29) is 10.7 Å². The Hall–Kier alpha value is -1.69. The summed E-state index contributed by atoms with van der Waals surface area (Å²) in [6.07, 6.45) is 0.857. The Morgan fingerprint density at radius 2 is 2.27 bits per heavy atom. The van der Waals surface area contributed by atoms with Gasteiger partial charge in [0.05, 0.1) is 11.8 Å². The Labute approximate surface area is 88.9 Å². The van der Waals surface area contributed by atoms with Gasteiger partial charge < -0.3 is 10.4 Å². The molecule has 0 saturated carbocycles. The first-order valence-electron chi connectivity index (χ1n) is 3.81. The van der Waals surface area contributed by atoms with Crippen LogP contribution in [-0.2, 0) is 4.79 Å². The lowest BCUT2D eigenvalue weighted by atomic mass is 10.2. The van der Waals surface area contributed by atoms with E-state index in [0.29, 0.717) is 0 Å². The van der Waals surface area contributed by atoms with Crippen molar-refractivity contribution in [3.63, 3.8) is 0 Å². The zero-order valence-corrected chi connectivity index (χ0v) is 8.08. The number of carbonyl (C=O) groups is 2. The third-order valence-electron chi connectivity index (χ3n) is 1.45. The number of rotatable bonds is 3. The summed E-state index contributed by atoms with van der Waals surface area (Å²) in [5.74, 6) is -2.71. The highest BCUT2D eigenvalue weighted by Gasteiger charge is 2.13. The fourth-order valence-electron chi connectivity index (χ4n) is 0.833. The standard InChI is InChI=1S/C8H6ClFN2O3/c9-7-5(1-4(10)2-11-7)8(15)12-3-6(13)14/h1-2H,3H2,(H,12,15)(H,13,14). The van der Waals surface area contributed by atoms with Crippen LogP contribution in [0, 0.1) is 5.82 Å². The molecule has 1 aromatic rings. The minimum atomic E-state index is -1.20. The lowest BCUT2D eigenvalue weighted by molar-refractivity contribution is -0.135. The number of pyridine rings is 1. The highest BCUT2D eigenvalue weighted by molar-refractivity contribution is 6.32. The van der Waals surface area contributed by atoms with Crippen molar-refractivity contribution in [2.75, 3.05) is 6.54 Å². The largest absolute Gasteiger partial charge is 0.480 e. The van der Waals surface area contributed by atoms with Crippen molar-refractivity contribution in [3.8, 4) is 0 Å². The molecular weight excluding hydrogens is 227 g/mol. The number of carbonyl (C=O) groups excluding carboxylic acids is 1. The van der Waals surface area contributed by atoms with E-state index >= 15 is 0 Å². The van der Waals surface area contributed by atoms with Crippen LogP contribution in [0.4, 0.5) is 4.39 Å². The molecule has 0 aromatic carbocycles. The molecule has 0 atom stereocenters. The average Bonchev–Trinajstić information content (AvgIpc) is 2.18. The number of aliphatic carboxylic acids is 1. The molecule has 0 saturated heterocycles. The summed E-state index contributed by atoms with van der Waals surface area (Å²) in [5.41, 5.74) is -0.196. The van der Waals surface area contributed by atoms with Crippen LogP contribution in [-0.4, -0.2) is 28.5 Å². The zero-order valence-electron chi connectivity index (χ0n) is 7.33. The van der Waals surface area contributed by atoms with Gasteiger partial charge in [-0.3, -0.25) is 9.59 Å². The molecule has 0 bridgehead atoms. The summed E-state index contributed by atoms with van der Waals surface area (Å²) in [6.45, 7) is -0.564. The van der Waals surface area contributed by atoms with Crippen molar-refractivity contribution < 1.29 is 19.1 Å². The maximum atomic E-state index is 12.7. The third-order valence-corrected chi connectivity index (χ3v) is 1.75. The van der Waals surface area contributed by atoms with E-state index in [0.717, 1.165) is 12.3 Å². The van der Waals surface area contributed by atoms with Crippen LogP contribution in [0.25, 0.3) is 0 Å². The molecular formula is C8H6ClFN2O3. The molecule has 0 radical (unpaired) electrons. The van der Waals surface area contributed by atoms with Gasteiger partial charge in [0.1, 0.15) is 17.5 Å². The Kier molecular flexibility index (Phi) is 3.56. The number of aromatic nitrogens is 1. The fourth-order valence-corrected chi connectivity index (χ4v) is 1.02. The van der Waals surface area contributed by atoms with Crippen molar-refractivity contribution >= 4 is 23.5 Å². The predicted octanol–water partition coefficient (Wildman–Crippen LogP) is 0.689. The first-order valence-corrected chi connectivity index (χ1v) is 4.19. The monoisotopic (exact) mass is 232 g/mol. The number of hydrogen-bond donors (Lipinski definition) is 2. The molecule has 1 rings (SSSR count). The van der Waals surface area contributed by atoms with Crippen molar-refractivity contribution in [2.24, 2.45) is 0 Å². The van der Waals surface area contributed by atoms with E-state index in [2.05, 4.69) is 4.98 Å². The number of carboxylic acid groups (broad SMARTS) is 1. The SMILES string of the molecule is O=C(O)CNC(=O)c1cc(F)cnc1Cl. The molecule has 0 fully saturated rings. The molecule has 7 heteroatoms. The van der Waals surface area contributed by atoms with Gasteiger partial charge in [0, 0.05) is 0 Å². The summed E-state index contributed by atoms with van der Waals surface area (Å²) in [4.78, 5) is 24.8. The van der Waals surface area contributed by atoms with Gasteiger partial charge in [-0.1, -0.05) is 11.6 Å². The highest BCUT2D eigenvalue weighted by Crippen LogP contribution is 2.13. The average molecular weight is 233 g/mol. The van der Waals surface area contributed by atoms with Crippen LogP contribution < -0.4 is 5.32 Å². The topological polar surface area (TPSA) is 79.3 Å². The third kappa shape index (κ3) is 3.17. The molecule has 0 aliphatic heterocycles. The predicted molar refractivity (Wildman–Crippen MR) is 49.2 cm³/mol. The smallest absolute Gasteiger partial charge is 0.322 e. The molecule has 5 nitrogen and oxygen atoms in total. The van der Waals surface area contributed by atoms with E-state index in [4.69, 9.17) is 16.7 Å². The normalized spacial score (nSPS) is 9.73. The summed E-state index contributed by atoms with van der Waals surface area (Å²) >= 11 is 5.52. The minimum absolute atomic E-state index is 0.181. The van der Waals surface area contributed by atoms with Crippen LogP contribution in [0.3, 0.4) is 0 Å². The second kappa shape index (κ2) is 4.70. The molecule has 1 heterocycles. The summed E-state index contributed by atoms with van der Waals surface area (Å²) in [7, 11) is 0. The van der Waals surface area contributed by atoms with Gasteiger partial charge >= 0.3 is 5.97 Å². The Morgan fingerprint density at radius 3 is 2.87 bits per heavy atom. The van der Waals surface area contributed by atoms with Gasteiger partial charge in [-0.05, 0) is 6.07 Å². The fraction of sp³-hybridized carbons (Fsp3) is 0.125. The van der Waals surface area contributed by atoms with E-state index in [1.807, 2.05) is 5.32 Å². The zero-order chi connectivity index (χ0) is 11.4. The Morgan fingerprint density at radius 1 is 1.60 bits per heavy atom. The molecule has 0 aliphatic carbocycles. The molecule has 15 heavy (non-hydrogen) atoms. The molecule has 80 valence electrons. The van der Waals surface area contributed by atoms with E-state index in [9.17, 15) is 14.0 Å². The summed E-state index contributed by atoms with van der Waals surface area (Å²) < 4.78 is 12.7. The second-order valence-corrected chi connectivity index (χ2v) is 2.93. The summed E-state index contributed by atoms with van der Waals surface area (Å²) in [5, 5.41) is 10.2. The van der Waals surface area contributed by atoms with E-state index in [1.54, 1.807) is 0 Å². The number of halogens is 2. The number of carboxylic acids is 1. The van der Waals surface area contributed by atoms with Crippen LogP contribution in [0.15, 0.2) is 12.3 Å². The lowest BCUT2D eigenvalue weighted by Crippen LogP contribution is -2.29. The van der Waals surface area contributed by atoms with Gasteiger partial charge in [-0.25, -0.2) is 9.37 Å². The van der Waals surface area contributed by atoms with Gasteiger partial charge in [0.25, 0.3) is 5.91 Å². The van der Waals surface area contributed by atoms with Gasteiger partial charge in [0.2, 0.25) is 0 Å². The van der Waals surface area contributed by atoms with E-state index < -0.39 is 24.2 Å². The van der Waals surface area contributed by atoms with Gasteiger partial charge in [0.15, 0.2) is 0 Å². The van der Waals surface area contributed by atoms with Gasteiger partial charge in [-0.15, -0.1) is 0 Å². The Balaban J connectivity index is 2.81. The molecule has 1 amide bonds. The van der Waals surface area contributed by atoms with Crippen molar-refractivity contribution in [1.82, 2.24) is 10.3 Å². The van der Waals surface area contributed by atoms with Crippen LogP contribution in [0.1, 0.15) is 10.4 Å². The highest BCUT2D eigenvalue weighted by atomic mass is 35.5. The van der Waals surface area contributed by atoms with Crippen LogP contribution in [0.5, 0.6) is 0 Å². The second-order valence-electron chi connectivity index (χ2n) is 2.57. The van der Waals surface area contributed by atoms with Crippen LogP contribution >= 0.6 is 11.6 Å². The molecule has 0 spiro atoms. The quantitative estimate of drug-likeness (QED) is 0.752. The van der Waals surface area contributed by atoms with Crippen molar-refractivity contribution in [3.05, 3.63) is 28.8 Å². The van der Waals surface area contributed by atoms with Crippen molar-refractivity contribution in [1.29, 1.82) is 0 Å². The molecule has 1 aromatic heterocycles. The maximum absolute atomic E-state index is 12.7. The first kappa shape index (κ1) is 11.4. The Bertz CT molecular complexity index is 411. The maximum Gasteiger partial charge on any atom is 0.322 e. The number of hydrogen-bond acceptors (Lipinski definition) is 3.